The van der Waals surface area contributed by atoms with E-state index < -0.39 is 0 Å². The molecule has 1 aromatic carbocycles. The highest BCUT2D eigenvalue weighted by Gasteiger charge is 2.46. The zero-order chi connectivity index (χ0) is 23.0. The number of carbonyl (C=O) groups excluding carboxylic acids is 2. The van der Waals surface area contributed by atoms with Crippen LogP contribution in [0.3, 0.4) is 0 Å². The Labute approximate surface area is 190 Å². The van der Waals surface area contributed by atoms with Crippen molar-refractivity contribution in [2.45, 2.75) is 31.6 Å². The summed E-state index contributed by atoms with van der Waals surface area (Å²) in [6.07, 6.45) is 3.03. The maximum absolute atomic E-state index is 13.7. The van der Waals surface area contributed by atoms with Crippen molar-refractivity contribution in [1.82, 2.24) is 9.80 Å². The molecule has 32 heavy (non-hydrogen) atoms. The number of benzene rings is 1. The Morgan fingerprint density at radius 3 is 1.72 bits per heavy atom. The Bertz CT molecular complexity index is 905. The average Bonchev–Trinajstić information content (AvgIpc) is 2.76. The van der Waals surface area contributed by atoms with E-state index in [1.54, 1.807) is 7.11 Å². The van der Waals surface area contributed by atoms with Crippen molar-refractivity contribution in [3.63, 3.8) is 0 Å². The number of carbonyl (C=O) groups is 2. The smallest absolute Gasteiger partial charge is 0.167 e. The number of ketones is 2. The van der Waals surface area contributed by atoms with Crippen LogP contribution in [0.4, 0.5) is 0 Å². The van der Waals surface area contributed by atoms with Gasteiger partial charge in [0.15, 0.2) is 11.6 Å². The van der Waals surface area contributed by atoms with Gasteiger partial charge in [0.25, 0.3) is 0 Å². The van der Waals surface area contributed by atoms with Crippen LogP contribution < -0.4 is 4.74 Å². The Hall–Kier alpha value is -2.44. The van der Waals surface area contributed by atoms with Gasteiger partial charge in [0.2, 0.25) is 0 Å². The van der Waals surface area contributed by atoms with Crippen LogP contribution in [0, 0.1) is 11.8 Å². The van der Waals surface area contributed by atoms with E-state index in [2.05, 4.69) is 9.80 Å². The Morgan fingerprint density at radius 1 is 0.844 bits per heavy atom. The van der Waals surface area contributed by atoms with Gasteiger partial charge in [-0.3, -0.25) is 9.59 Å². The highest BCUT2D eigenvalue weighted by atomic mass is 16.5. The van der Waals surface area contributed by atoms with Gasteiger partial charge in [0.1, 0.15) is 17.3 Å². The van der Waals surface area contributed by atoms with Crippen LogP contribution in [0.25, 0.3) is 0 Å². The van der Waals surface area contributed by atoms with E-state index >= 15 is 0 Å². The maximum Gasteiger partial charge on any atom is 0.167 e. The third-order valence-corrected chi connectivity index (χ3v) is 6.76. The third-order valence-electron chi connectivity index (χ3n) is 6.76. The highest BCUT2D eigenvalue weighted by Crippen LogP contribution is 2.49. The first-order valence-electron chi connectivity index (χ1n) is 11.5. The monoisotopic (exact) mass is 438 g/mol. The molecule has 3 aliphatic rings. The highest BCUT2D eigenvalue weighted by molar-refractivity contribution is 6.07. The lowest BCUT2D eigenvalue weighted by molar-refractivity contribution is -0.122. The van der Waals surface area contributed by atoms with Gasteiger partial charge in [-0.2, -0.15) is 0 Å². The van der Waals surface area contributed by atoms with Crippen molar-refractivity contribution in [3.8, 4) is 5.75 Å². The zero-order valence-electron chi connectivity index (χ0n) is 19.8. The summed E-state index contributed by atoms with van der Waals surface area (Å²) in [7, 11) is 9.61. The number of allylic oxidation sites excluding steroid dienone is 4. The predicted molar refractivity (Wildman–Crippen MR) is 123 cm³/mol. The Balaban J connectivity index is 1.79. The summed E-state index contributed by atoms with van der Waals surface area (Å²) < 4.78 is 11.6. The zero-order valence-corrected chi connectivity index (χ0v) is 19.8. The molecule has 0 radical (unpaired) electrons. The van der Waals surface area contributed by atoms with E-state index in [1.165, 1.54) is 0 Å². The van der Waals surface area contributed by atoms with Crippen LogP contribution >= 0.6 is 0 Å². The summed E-state index contributed by atoms with van der Waals surface area (Å²) in [6.45, 7) is 1.40. The first-order valence-corrected chi connectivity index (χ1v) is 11.5. The van der Waals surface area contributed by atoms with Gasteiger partial charge in [-0.25, -0.2) is 0 Å². The second-order valence-corrected chi connectivity index (χ2v) is 9.71. The molecule has 0 amide bonds. The summed E-state index contributed by atoms with van der Waals surface area (Å²) in [5.74, 6) is 2.01. The number of rotatable bonds is 6. The van der Waals surface area contributed by atoms with Gasteiger partial charge in [0, 0.05) is 54.8 Å². The van der Waals surface area contributed by atoms with Gasteiger partial charge < -0.3 is 19.3 Å². The summed E-state index contributed by atoms with van der Waals surface area (Å²) in [5.41, 5.74) is 2.32. The van der Waals surface area contributed by atoms with E-state index in [0.717, 1.165) is 48.5 Å². The Morgan fingerprint density at radius 2 is 1.31 bits per heavy atom. The molecule has 0 aromatic heterocycles. The average molecular weight is 439 g/mol. The minimum absolute atomic E-state index is 0.0773. The molecule has 2 aliphatic carbocycles. The number of methoxy groups -OCH3 is 1. The third kappa shape index (κ3) is 4.26. The largest absolute Gasteiger partial charge is 0.497 e. The van der Waals surface area contributed by atoms with Crippen molar-refractivity contribution >= 4 is 11.6 Å². The summed E-state index contributed by atoms with van der Waals surface area (Å²) in [5, 5.41) is 0. The van der Waals surface area contributed by atoms with Crippen LogP contribution in [0.1, 0.15) is 37.2 Å². The molecule has 6 heteroatoms. The molecule has 0 fully saturated rings. The number of nitrogens with zero attached hydrogens (tertiary/aromatic N) is 2. The van der Waals surface area contributed by atoms with Crippen LogP contribution in [0.2, 0.25) is 0 Å². The van der Waals surface area contributed by atoms with E-state index in [4.69, 9.17) is 9.47 Å². The molecular formula is C26H34N2O4. The van der Waals surface area contributed by atoms with Crippen molar-refractivity contribution in [2.24, 2.45) is 11.8 Å². The molecular weight excluding hydrogens is 404 g/mol. The first-order chi connectivity index (χ1) is 15.3. The van der Waals surface area contributed by atoms with Crippen molar-refractivity contribution in [2.75, 3.05) is 48.4 Å². The Kier molecular flexibility index (Phi) is 6.54. The molecule has 0 saturated heterocycles. The van der Waals surface area contributed by atoms with E-state index in [9.17, 15) is 9.59 Å². The summed E-state index contributed by atoms with van der Waals surface area (Å²) >= 11 is 0. The lowest BCUT2D eigenvalue weighted by Gasteiger charge is -2.40. The van der Waals surface area contributed by atoms with E-state index in [0.29, 0.717) is 24.2 Å². The molecule has 0 unspecified atom stereocenters. The quantitative estimate of drug-likeness (QED) is 0.679. The lowest BCUT2D eigenvalue weighted by Crippen LogP contribution is -2.40. The number of hydrogen-bond acceptors (Lipinski definition) is 6. The number of Topliss-reactive ketones (excluding diaryl/α,β-unsaturated/α-hetero) is 2. The van der Waals surface area contributed by atoms with Crippen LogP contribution in [-0.2, 0) is 14.3 Å². The molecule has 0 spiro atoms. The fourth-order valence-corrected chi connectivity index (χ4v) is 5.33. The van der Waals surface area contributed by atoms with E-state index in [-0.39, 0.29) is 29.3 Å². The molecule has 1 heterocycles. The molecule has 6 nitrogen and oxygen atoms in total. The summed E-state index contributed by atoms with van der Waals surface area (Å²) in [6, 6.07) is 7.77. The molecule has 1 aliphatic heterocycles. The second kappa shape index (κ2) is 9.20. The normalized spacial score (nSPS) is 24.1. The van der Waals surface area contributed by atoms with E-state index in [1.807, 2.05) is 52.5 Å². The molecule has 0 bridgehead atoms. The van der Waals surface area contributed by atoms with Gasteiger partial charge >= 0.3 is 0 Å². The number of hydrogen-bond donors (Lipinski definition) is 0. The second-order valence-electron chi connectivity index (χ2n) is 9.71. The van der Waals surface area contributed by atoms with Crippen LogP contribution in [0.15, 0.2) is 46.9 Å². The molecule has 1 aromatic rings. The number of ether oxygens (including phenoxy) is 2. The predicted octanol–water partition coefficient (Wildman–Crippen LogP) is 3.40. The summed E-state index contributed by atoms with van der Waals surface area (Å²) in [4.78, 5) is 31.5. The molecule has 0 N–H and O–H groups in total. The SMILES string of the molecule is COc1ccc(C2C3=C(CC[C@@H](CN(C)C)C3=O)OC3=C2C(=O)[C@H](CN(C)C)CC3)cc1. The molecule has 0 saturated carbocycles. The first kappa shape index (κ1) is 22.7. The maximum atomic E-state index is 13.7. The standard InChI is InChI=1S/C26H34N2O4/c1-27(2)14-17-8-12-20-23(25(17)29)22(16-6-10-19(31-5)11-7-16)24-21(32-20)13-9-18(26(24)30)15-28(3)4/h6-7,10-11,17-18,22H,8-9,12-15H2,1-5H3/t17-,18-/m0/s1. The van der Waals surface area contributed by atoms with Crippen molar-refractivity contribution in [1.29, 1.82) is 0 Å². The van der Waals surface area contributed by atoms with Crippen molar-refractivity contribution < 1.29 is 19.1 Å². The van der Waals surface area contributed by atoms with Gasteiger partial charge in [-0.1, -0.05) is 12.1 Å². The van der Waals surface area contributed by atoms with Crippen molar-refractivity contribution in [3.05, 3.63) is 52.5 Å². The molecule has 2 atom stereocenters. The van der Waals surface area contributed by atoms with Gasteiger partial charge in [0.05, 0.1) is 7.11 Å². The van der Waals surface area contributed by atoms with Gasteiger partial charge in [-0.15, -0.1) is 0 Å². The molecule has 4 rings (SSSR count). The van der Waals surface area contributed by atoms with Crippen LogP contribution in [0.5, 0.6) is 5.75 Å². The minimum atomic E-state index is -0.366. The minimum Gasteiger partial charge on any atom is -0.497 e. The topological polar surface area (TPSA) is 59.1 Å². The lowest BCUT2D eigenvalue weighted by atomic mass is 9.69. The molecule has 172 valence electrons. The fourth-order valence-electron chi connectivity index (χ4n) is 5.33. The fraction of sp³-hybridized carbons (Fsp3) is 0.538. The van der Waals surface area contributed by atoms with Gasteiger partial charge in [-0.05, 0) is 58.7 Å². The van der Waals surface area contributed by atoms with Crippen LogP contribution in [-0.4, -0.2) is 69.8 Å².